The summed E-state index contributed by atoms with van der Waals surface area (Å²) in [5.41, 5.74) is 2.92. The minimum absolute atomic E-state index is 0.0925. The third-order valence-corrected chi connectivity index (χ3v) is 3.41. The van der Waals surface area contributed by atoms with Gasteiger partial charge in [0, 0.05) is 23.7 Å². The molecule has 0 aliphatic carbocycles. The van der Waals surface area contributed by atoms with Crippen LogP contribution in [-0.2, 0) is 6.54 Å². The molecule has 0 bridgehead atoms. The molecule has 0 aliphatic heterocycles. The fourth-order valence-electron chi connectivity index (χ4n) is 2.18. The largest absolute Gasteiger partial charge is 0.313 e. The normalized spacial score (nSPS) is 10.6. The highest BCUT2D eigenvalue weighted by Gasteiger charge is 2.10. The molecule has 0 atom stereocenters. The van der Waals surface area contributed by atoms with E-state index in [2.05, 4.69) is 12.2 Å². The van der Waals surface area contributed by atoms with Gasteiger partial charge in [0.15, 0.2) is 0 Å². The summed E-state index contributed by atoms with van der Waals surface area (Å²) in [5.74, 6) is 0. The van der Waals surface area contributed by atoms with Gasteiger partial charge in [-0.25, -0.2) is 0 Å². The summed E-state index contributed by atoms with van der Waals surface area (Å²) in [5, 5.41) is 14.9. The molecule has 5 heteroatoms. The van der Waals surface area contributed by atoms with Crippen molar-refractivity contribution in [1.82, 2.24) is 5.32 Å². The Morgan fingerprint density at radius 1 is 1.24 bits per heavy atom. The number of non-ortho nitro benzene ring substituents is 1. The lowest BCUT2D eigenvalue weighted by Gasteiger charge is -2.11. The molecule has 0 aliphatic rings. The third-order valence-electron chi connectivity index (χ3n) is 3.18. The van der Waals surface area contributed by atoms with Crippen LogP contribution in [0.4, 0.5) is 5.69 Å². The van der Waals surface area contributed by atoms with Gasteiger partial charge in [0.1, 0.15) is 0 Å². The second-order valence-electron chi connectivity index (χ2n) is 4.79. The highest BCUT2D eigenvalue weighted by atomic mass is 35.5. The summed E-state index contributed by atoms with van der Waals surface area (Å²) >= 11 is 6.06. The maximum atomic E-state index is 10.9. The van der Waals surface area contributed by atoms with Gasteiger partial charge in [-0.15, -0.1) is 0 Å². The van der Waals surface area contributed by atoms with E-state index in [1.165, 1.54) is 6.07 Å². The Morgan fingerprint density at radius 2 is 2.05 bits per heavy atom. The molecule has 0 aromatic heterocycles. The first-order valence-electron chi connectivity index (χ1n) is 6.85. The minimum Gasteiger partial charge on any atom is -0.313 e. The second kappa shape index (κ2) is 7.20. The van der Waals surface area contributed by atoms with Crippen LogP contribution >= 0.6 is 11.6 Å². The predicted molar refractivity (Wildman–Crippen MR) is 85.5 cm³/mol. The van der Waals surface area contributed by atoms with E-state index < -0.39 is 0 Å². The average Bonchev–Trinajstić information content (AvgIpc) is 2.48. The molecule has 110 valence electrons. The molecule has 1 N–H and O–H groups in total. The number of hydrogen-bond acceptors (Lipinski definition) is 3. The molecular weight excluding hydrogens is 288 g/mol. The van der Waals surface area contributed by atoms with E-state index in [4.69, 9.17) is 11.6 Å². The zero-order valence-corrected chi connectivity index (χ0v) is 12.6. The minimum atomic E-state index is -0.381. The molecular formula is C16H17ClN2O2. The summed E-state index contributed by atoms with van der Waals surface area (Å²) in [6, 6.07) is 12.3. The van der Waals surface area contributed by atoms with Crippen LogP contribution in [0.15, 0.2) is 42.5 Å². The van der Waals surface area contributed by atoms with Crippen LogP contribution in [0.3, 0.4) is 0 Å². The lowest BCUT2D eigenvalue weighted by molar-refractivity contribution is -0.384. The van der Waals surface area contributed by atoms with Crippen LogP contribution in [0.5, 0.6) is 0 Å². The predicted octanol–water partition coefficient (Wildman–Crippen LogP) is 4.41. The third kappa shape index (κ3) is 4.03. The summed E-state index contributed by atoms with van der Waals surface area (Å²) in [4.78, 5) is 10.5. The van der Waals surface area contributed by atoms with Gasteiger partial charge in [0.25, 0.3) is 5.69 Å². The number of nitrogens with one attached hydrogen (secondary N) is 1. The summed E-state index contributed by atoms with van der Waals surface area (Å²) < 4.78 is 0. The smallest absolute Gasteiger partial charge is 0.270 e. The van der Waals surface area contributed by atoms with E-state index in [1.54, 1.807) is 18.2 Å². The van der Waals surface area contributed by atoms with Gasteiger partial charge in [0.2, 0.25) is 0 Å². The Hall–Kier alpha value is -1.91. The molecule has 0 amide bonds. The number of hydrogen-bond donors (Lipinski definition) is 1. The summed E-state index contributed by atoms with van der Waals surface area (Å²) in [6.07, 6.45) is 1.05. The molecule has 2 aromatic rings. The highest BCUT2D eigenvalue weighted by molar-refractivity contribution is 6.30. The van der Waals surface area contributed by atoms with E-state index in [9.17, 15) is 10.1 Å². The van der Waals surface area contributed by atoms with Gasteiger partial charge in [-0.1, -0.05) is 36.7 Å². The van der Waals surface area contributed by atoms with Crippen molar-refractivity contribution in [3.8, 4) is 11.1 Å². The molecule has 21 heavy (non-hydrogen) atoms. The number of benzene rings is 2. The van der Waals surface area contributed by atoms with Crippen molar-refractivity contribution in [1.29, 1.82) is 0 Å². The molecule has 4 nitrogen and oxygen atoms in total. The van der Waals surface area contributed by atoms with Gasteiger partial charge in [-0.3, -0.25) is 10.1 Å². The van der Waals surface area contributed by atoms with Gasteiger partial charge in [0.05, 0.1) is 4.92 Å². The lowest BCUT2D eigenvalue weighted by atomic mass is 9.99. The Labute approximate surface area is 128 Å². The SMILES string of the molecule is CCCNCc1cc(Cl)ccc1-c1cccc([N+](=O)[O-])c1. The zero-order valence-electron chi connectivity index (χ0n) is 11.8. The van der Waals surface area contributed by atoms with Crippen molar-refractivity contribution in [2.45, 2.75) is 19.9 Å². The number of nitro groups is 1. The van der Waals surface area contributed by atoms with Crippen LogP contribution in [0.2, 0.25) is 5.02 Å². The average molecular weight is 305 g/mol. The van der Waals surface area contributed by atoms with Crippen LogP contribution in [0.1, 0.15) is 18.9 Å². The fraction of sp³-hybridized carbons (Fsp3) is 0.250. The van der Waals surface area contributed by atoms with E-state index in [0.29, 0.717) is 11.6 Å². The van der Waals surface area contributed by atoms with Crippen molar-refractivity contribution in [2.24, 2.45) is 0 Å². The maximum Gasteiger partial charge on any atom is 0.270 e. The number of halogens is 1. The lowest BCUT2D eigenvalue weighted by Crippen LogP contribution is -2.14. The fourth-order valence-corrected chi connectivity index (χ4v) is 2.37. The number of nitro benzene ring substituents is 1. The summed E-state index contributed by atoms with van der Waals surface area (Å²) in [7, 11) is 0. The molecule has 0 fully saturated rings. The van der Waals surface area contributed by atoms with Crippen LogP contribution in [-0.4, -0.2) is 11.5 Å². The zero-order chi connectivity index (χ0) is 15.2. The van der Waals surface area contributed by atoms with Gasteiger partial charge in [-0.05, 0) is 41.8 Å². The number of rotatable bonds is 6. The van der Waals surface area contributed by atoms with E-state index >= 15 is 0 Å². The topological polar surface area (TPSA) is 55.2 Å². The molecule has 0 heterocycles. The molecule has 0 saturated carbocycles. The van der Waals surface area contributed by atoms with Crippen LogP contribution in [0, 0.1) is 10.1 Å². The monoisotopic (exact) mass is 304 g/mol. The van der Waals surface area contributed by atoms with Crippen molar-refractivity contribution in [2.75, 3.05) is 6.54 Å². The first kappa shape index (κ1) is 15.5. The number of nitrogens with zero attached hydrogens (tertiary/aromatic N) is 1. The highest BCUT2D eigenvalue weighted by Crippen LogP contribution is 2.29. The Bertz CT molecular complexity index is 644. The van der Waals surface area contributed by atoms with Gasteiger partial charge < -0.3 is 5.32 Å². The molecule has 0 spiro atoms. The van der Waals surface area contributed by atoms with Crippen LogP contribution < -0.4 is 5.32 Å². The first-order chi connectivity index (χ1) is 10.1. The van der Waals surface area contributed by atoms with Gasteiger partial charge >= 0.3 is 0 Å². The molecule has 2 aromatic carbocycles. The summed E-state index contributed by atoms with van der Waals surface area (Å²) in [6.45, 7) is 3.71. The van der Waals surface area contributed by atoms with Crippen molar-refractivity contribution in [3.63, 3.8) is 0 Å². The Balaban J connectivity index is 2.38. The quantitative estimate of drug-likeness (QED) is 0.488. The standard InChI is InChI=1S/C16H17ClN2O2/c1-2-8-18-11-13-9-14(17)6-7-16(13)12-4-3-5-15(10-12)19(20)21/h3-7,9-10,18H,2,8,11H2,1H3. The van der Waals surface area contributed by atoms with Crippen LogP contribution in [0.25, 0.3) is 11.1 Å². The second-order valence-corrected chi connectivity index (χ2v) is 5.22. The first-order valence-corrected chi connectivity index (χ1v) is 7.23. The Kier molecular flexibility index (Phi) is 5.31. The van der Waals surface area contributed by atoms with Gasteiger partial charge in [-0.2, -0.15) is 0 Å². The van der Waals surface area contributed by atoms with Crippen molar-refractivity contribution >= 4 is 17.3 Å². The Morgan fingerprint density at radius 3 is 2.76 bits per heavy atom. The molecule has 0 saturated heterocycles. The van der Waals surface area contributed by atoms with Crippen molar-refractivity contribution in [3.05, 3.63) is 63.2 Å². The molecule has 2 rings (SSSR count). The van der Waals surface area contributed by atoms with Crippen molar-refractivity contribution < 1.29 is 4.92 Å². The van der Waals surface area contributed by atoms with E-state index in [0.717, 1.165) is 29.7 Å². The molecule has 0 radical (unpaired) electrons. The van der Waals surface area contributed by atoms with E-state index in [1.807, 2.05) is 18.2 Å². The maximum absolute atomic E-state index is 10.9. The van der Waals surface area contributed by atoms with E-state index in [-0.39, 0.29) is 10.6 Å². The molecule has 0 unspecified atom stereocenters.